The summed E-state index contributed by atoms with van der Waals surface area (Å²) in [5, 5.41) is 4.62. The van der Waals surface area contributed by atoms with E-state index in [9.17, 15) is 9.59 Å². The number of piperidine rings is 1. The van der Waals surface area contributed by atoms with Crippen LogP contribution in [0.3, 0.4) is 0 Å². The minimum Gasteiger partial charge on any atom is -0.338 e. The number of hydrogen-bond donors (Lipinski definition) is 0. The Morgan fingerprint density at radius 3 is 2.18 bits per heavy atom. The summed E-state index contributed by atoms with van der Waals surface area (Å²) in [6.45, 7) is 7.83. The van der Waals surface area contributed by atoms with Gasteiger partial charge in [0.05, 0.1) is 11.7 Å². The molecule has 1 saturated heterocycles. The summed E-state index contributed by atoms with van der Waals surface area (Å²) in [4.78, 5) is 27.0. The van der Waals surface area contributed by atoms with Crippen molar-refractivity contribution in [3.05, 3.63) is 63.6 Å². The molecule has 148 valence electrons. The quantitative estimate of drug-likeness (QED) is 0.813. The lowest BCUT2D eigenvalue weighted by Crippen LogP contribution is -2.41. The number of hydrogen-bond acceptors (Lipinski definition) is 3. The second-order valence-corrected chi connectivity index (χ2v) is 9.17. The van der Waals surface area contributed by atoms with Gasteiger partial charge in [-0.25, -0.2) is 4.68 Å². The zero-order valence-corrected chi connectivity index (χ0v) is 17.0. The maximum atomic E-state index is 12.9. The van der Waals surface area contributed by atoms with Crippen LogP contribution in [0.1, 0.15) is 80.0 Å². The van der Waals surface area contributed by atoms with Crippen LogP contribution in [0.4, 0.5) is 0 Å². The lowest BCUT2D eigenvalue weighted by molar-refractivity contribution is 0.0687. The van der Waals surface area contributed by atoms with E-state index in [1.165, 1.54) is 18.4 Å². The molecule has 0 radical (unpaired) electrons. The van der Waals surface area contributed by atoms with Gasteiger partial charge in [-0.15, -0.1) is 0 Å². The summed E-state index contributed by atoms with van der Waals surface area (Å²) in [7, 11) is 0. The van der Waals surface area contributed by atoms with Crippen LogP contribution in [0.25, 0.3) is 0 Å². The number of aromatic nitrogens is 2. The molecule has 28 heavy (non-hydrogen) atoms. The van der Waals surface area contributed by atoms with E-state index in [1.54, 1.807) is 10.7 Å². The Hall–Kier alpha value is -2.43. The molecule has 2 aliphatic rings. The number of nitrogens with zero attached hydrogens (tertiary/aromatic N) is 3. The van der Waals surface area contributed by atoms with Crippen LogP contribution in [-0.2, 0) is 5.41 Å². The number of carbonyl (C=O) groups excluding carboxylic acids is 1. The van der Waals surface area contributed by atoms with E-state index in [1.807, 2.05) is 35.2 Å². The van der Waals surface area contributed by atoms with Crippen molar-refractivity contribution in [2.75, 3.05) is 13.1 Å². The van der Waals surface area contributed by atoms with Crippen LogP contribution in [0.15, 0.2) is 41.2 Å². The van der Waals surface area contributed by atoms with Crippen molar-refractivity contribution in [2.24, 2.45) is 0 Å². The first kappa shape index (κ1) is 18.9. The van der Waals surface area contributed by atoms with Gasteiger partial charge in [0.2, 0.25) is 0 Å². The summed E-state index contributed by atoms with van der Waals surface area (Å²) in [5.74, 6) is 0.607. The van der Waals surface area contributed by atoms with Gasteiger partial charge in [0.1, 0.15) is 0 Å². The minimum atomic E-state index is -0.0352. The van der Waals surface area contributed by atoms with Crippen molar-refractivity contribution in [3.63, 3.8) is 0 Å². The normalized spacial score (nSPS) is 18.3. The molecule has 1 aliphatic carbocycles. The first-order valence-electron chi connectivity index (χ1n) is 10.3. The van der Waals surface area contributed by atoms with Crippen LogP contribution < -0.4 is 5.56 Å². The Bertz CT molecular complexity index is 912. The van der Waals surface area contributed by atoms with Crippen LogP contribution in [-0.4, -0.2) is 33.7 Å². The summed E-state index contributed by atoms with van der Waals surface area (Å²) < 4.78 is 1.66. The molecule has 1 aromatic heterocycles. The van der Waals surface area contributed by atoms with Crippen molar-refractivity contribution >= 4 is 5.91 Å². The van der Waals surface area contributed by atoms with E-state index in [-0.39, 0.29) is 22.9 Å². The number of likely N-dealkylation sites (tertiary alicyclic amines) is 1. The van der Waals surface area contributed by atoms with Gasteiger partial charge in [0, 0.05) is 30.6 Å². The number of rotatable bonds is 3. The maximum Gasteiger partial charge on any atom is 0.267 e. The van der Waals surface area contributed by atoms with E-state index >= 15 is 0 Å². The molecule has 1 amide bonds. The second kappa shape index (κ2) is 7.19. The number of amides is 1. The zero-order chi connectivity index (χ0) is 19.9. The molecule has 1 aliphatic heterocycles. The molecule has 0 unspecified atom stereocenters. The highest BCUT2D eigenvalue weighted by molar-refractivity contribution is 5.94. The van der Waals surface area contributed by atoms with Crippen LogP contribution in [0.5, 0.6) is 0 Å². The minimum absolute atomic E-state index is 0.0352. The topological polar surface area (TPSA) is 55.2 Å². The number of carbonyl (C=O) groups is 1. The fourth-order valence-corrected chi connectivity index (χ4v) is 3.91. The van der Waals surface area contributed by atoms with Gasteiger partial charge in [-0.05, 0) is 54.9 Å². The van der Waals surface area contributed by atoms with Gasteiger partial charge >= 0.3 is 0 Å². The Morgan fingerprint density at radius 2 is 1.61 bits per heavy atom. The van der Waals surface area contributed by atoms with Crippen molar-refractivity contribution < 1.29 is 4.79 Å². The Labute approximate surface area is 166 Å². The van der Waals surface area contributed by atoms with E-state index in [4.69, 9.17) is 0 Å². The molecule has 5 nitrogen and oxygen atoms in total. The van der Waals surface area contributed by atoms with Gasteiger partial charge in [-0.1, -0.05) is 32.9 Å². The summed E-state index contributed by atoms with van der Waals surface area (Å²) in [6, 6.07) is 11.6. The van der Waals surface area contributed by atoms with Crippen molar-refractivity contribution in [2.45, 2.75) is 63.8 Å². The third-order valence-electron chi connectivity index (χ3n) is 5.94. The van der Waals surface area contributed by atoms with Gasteiger partial charge in [-0.2, -0.15) is 5.10 Å². The molecule has 1 saturated carbocycles. The molecule has 0 bridgehead atoms. The zero-order valence-electron chi connectivity index (χ0n) is 17.0. The average molecular weight is 380 g/mol. The third-order valence-corrected chi connectivity index (χ3v) is 5.94. The second-order valence-electron chi connectivity index (χ2n) is 9.17. The molecule has 4 rings (SSSR count). The first-order valence-corrected chi connectivity index (χ1v) is 10.3. The highest BCUT2D eigenvalue weighted by Crippen LogP contribution is 2.38. The lowest BCUT2D eigenvalue weighted by Gasteiger charge is -2.32. The van der Waals surface area contributed by atoms with Crippen LogP contribution in [0, 0.1) is 0 Å². The van der Waals surface area contributed by atoms with Gasteiger partial charge in [0.15, 0.2) is 0 Å². The Kier molecular flexibility index (Phi) is 4.86. The maximum absolute atomic E-state index is 12.9. The number of benzene rings is 1. The Balaban J connectivity index is 1.42. The average Bonchev–Trinajstić information content (AvgIpc) is 3.53. The van der Waals surface area contributed by atoms with Crippen molar-refractivity contribution in [1.82, 2.24) is 14.7 Å². The highest BCUT2D eigenvalue weighted by Gasteiger charge is 2.29. The molecule has 2 fully saturated rings. The van der Waals surface area contributed by atoms with Crippen LogP contribution >= 0.6 is 0 Å². The van der Waals surface area contributed by atoms with E-state index in [2.05, 4.69) is 25.9 Å². The van der Waals surface area contributed by atoms with Crippen molar-refractivity contribution in [3.8, 4) is 0 Å². The lowest BCUT2D eigenvalue weighted by atomic mass is 9.86. The summed E-state index contributed by atoms with van der Waals surface area (Å²) >= 11 is 0. The summed E-state index contributed by atoms with van der Waals surface area (Å²) in [5.41, 5.74) is 3.04. The summed E-state index contributed by atoms with van der Waals surface area (Å²) in [6.07, 6.45) is 3.89. The van der Waals surface area contributed by atoms with E-state index in [0.29, 0.717) is 19.0 Å². The van der Waals surface area contributed by atoms with Gasteiger partial charge < -0.3 is 4.90 Å². The molecular formula is C23H29N3O2. The van der Waals surface area contributed by atoms with Crippen molar-refractivity contribution in [1.29, 1.82) is 0 Å². The predicted molar refractivity (Wildman–Crippen MR) is 110 cm³/mol. The molecule has 0 atom stereocenters. The molecule has 0 N–H and O–H groups in total. The molecular weight excluding hydrogens is 350 g/mol. The van der Waals surface area contributed by atoms with Gasteiger partial charge in [0.25, 0.3) is 11.5 Å². The molecule has 5 heteroatoms. The van der Waals surface area contributed by atoms with E-state index in [0.717, 1.165) is 24.1 Å². The van der Waals surface area contributed by atoms with Gasteiger partial charge in [-0.3, -0.25) is 9.59 Å². The Morgan fingerprint density at radius 1 is 0.964 bits per heavy atom. The monoisotopic (exact) mass is 379 g/mol. The molecule has 0 spiro atoms. The predicted octanol–water partition coefficient (Wildman–Crippen LogP) is 3.90. The fraction of sp³-hybridized carbons (Fsp3) is 0.522. The standard InChI is InChI=1S/C23H29N3O2/c1-23(2,3)18-8-6-17(7-9-18)22(28)25-14-12-19(13-15-25)26-21(27)11-10-20(24-26)16-4-5-16/h6-11,16,19H,4-5,12-15H2,1-3H3. The first-order chi connectivity index (χ1) is 13.3. The highest BCUT2D eigenvalue weighted by atomic mass is 16.2. The fourth-order valence-electron chi connectivity index (χ4n) is 3.91. The molecule has 2 heterocycles. The molecule has 1 aromatic carbocycles. The third kappa shape index (κ3) is 3.89. The smallest absolute Gasteiger partial charge is 0.267 e. The molecule has 2 aromatic rings. The largest absolute Gasteiger partial charge is 0.338 e. The van der Waals surface area contributed by atoms with E-state index < -0.39 is 0 Å². The SMILES string of the molecule is CC(C)(C)c1ccc(C(=O)N2CCC(n3nc(C4CC4)ccc3=O)CC2)cc1. The van der Waals surface area contributed by atoms with Crippen LogP contribution in [0.2, 0.25) is 0 Å².